The van der Waals surface area contributed by atoms with Crippen LogP contribution in [0.4, 0.5) is 0 Å². The van der Waals surface area contributed by atoms with E-state index in [1.54, 1.807) is 23.5 Å². The van der Waals surface area contributed by atoms with Gasteiger partial charge in [-0.25, -0.2) is 8.42 Å². The molecule has 2 aromatic rings. The Morgan fingerprint density at radius 1 is 1.19 bits per heavy atom. The molecule has 0 fully saturated rings. The Hall–Kier alpha value is -2.05. The highest BCUT2D eigenvalue weighted by Gasteiger charge is 2.35. The first-order chi connectivity index (χ1) is 12.8. The van der Waals surface area contributed by atoms with Crippen molar-refractivity contribution in [2.45, 2.75) is 44.7 Å². The van der Waals surface area contributed by atoms with E-state index in [0.717, 1.165) is 17.5 Å². The van der Waals surface area contributed by atoms with Gasteiger partial charge in [0.15, 0.2) is 0 Å². The maximum atomic E-state index is 13.4. The highest BCUT2D eigenvalue weighted by atomic mass is 32.2. The van der Waals surface area contributed by atoms with Gasteiger partial charge in [0.1, 0.15) is 18.1 Å². The Bertz CT molecular complexity index is 891. The Morgan fingerprint density at radius 2 is 1.89 bits per heavy atom. The molecule has 0 saturated carbocycles. The third-order valence-corrected chi connectivity index (χ3v) is 6.72. The third kappa shape index (κ3) is 4.28. The molecule has 2 aromatic carbocycles. The van der Waals surface area contributed by atoms with Crippen LogP contribution in [0, 0.1) is 12.8 Å². The summed E-state index contributed by atoms with van der Waals surface area (Å²) in [4.78, 5) is 0.313. The molecule has 1 aliphatic heterocycles. The Kier molecular flexibility index (Phi) is 5.77. The van der Waals surface area contributed by atoms with E-state index >= 15 is 0 Å². The quantitative estimate of drug-likeness (QED) is 0.776. The van der Waals surface area contributed by atoms with Gasteiger partial charge in [0.05, 0.1) is 18.0 Å². The highest BCUT2D eigenvalue weighted by Crippen LogP contribution is 2.33. The zero-order chi connectivity index (χ0) is 19.6. The Morgan fingerprint density at radius 3 is 2.52 bits per heavy atom. The number of ether oxygens (including phenoxy) is 2. The molecule has 5 nitrogen and oxygen atoms in total. The molecular formula is C21H27NO4S. The molecule has 0 spiro atoms. The van der Waals surface area contributed by atoms with Crippen molar-refractivity contribution in [3.8, 4) is 11.5 Å². The van der Waals surface area contributed by atoms with Crippen LogP contribution in [0.3, 0.4) is 0 Å². The van der Waals surface area contributed by atoms with E-state index in [1.807, 2.05) is 37.3 Å². The van der Waals surface area contributed by atoms with Gasteiger partial charge in [-0.3, -0.25) is 0 Å². The monoisotopic (exact) mass is 389 g/mol. The van der Waals surface area contributed by atoms with E-state index in [2.05, 4.69) is 13.8 Å². The molecule has 27 heavy (non-hydrogen) atoms. The largest absolute Gasteiger partial charge is 0.497 e. The molecule has 1 atom stereocenters. The molecule has 0 amide bonds. The molecule has 0 bridgehead atoms. The molecule has 1 aliphatic rings. The zero-order valence-corrected chi connectivity index (χ0v) is 17.1. The van der Waals surface area contributed by atoms with Crippen LogP contribution in [0.2, 0.25) is 0 Å². The van der Waals surface area contributed by atoms with Gasteiger partial charge in [0, 0.05) is 12.1 Å². The van der Waals surface area contributed by atoms with Crippen LogP contribution in [-0.4, -0.2) is 32.5 Å². The number of rotatable bonds is 5. The maximum Gasteiger partial charge on any atom is 0.243 e. The van der Waals surface area contributed by atoms with Gasteiger partial charge in [-0.15, -0.1) is 0 Å². The second-order valence-corrected chi connectivity index (χ2v) is 9.32. The lowest BCUT2D eigenvalue weighted by atomic mass is 10.0. The van der Waals surface area contributed by atoms with Crippen LogP contribution in [-0.2, 0) is 16.6 Å². The van der Waals surface area contributed by atoms with Crippen LogP contribution >= 0.6 is 0 Å². The fourth-order valence-corrected chi connectivity index (χ4v) is 4.97. The summed E-state index contributed by atoms with van der Waals surface area (Å²) in [5.41, 5.74) is 1.85. The van der Waals surface area contributed by atoms with Gasteiger partial charge < -0.3 is 9.47 Å². The lowest BCUT2D eigenvalue weighted by molar-refractivity contribution is 0.197. The third-order valence-electron chi connectivity index (χ3n) is 4.80. The van der Waals surface area contributed by atoms with Gasteiger partial charge in [-0.1, -0.05) is 31.5 Å². The normalized spacial score (nSPS) is 17.9. The molecule has 1 heterocycles. The van der Waals surface area contributed by atoms with Crippen LogP contribution in [0.15, 0.2) is 47.4 Å². The smallest absolute Gasteiger partial charge is 0.243 e. The van der Waals surface area contributed by atoms with Gasteiger partial charge in [-0.05, 0) is 49.6 Å². The number of aryl methyl sites for hydroxylation is 1. The Labute approximate surface area is 162 Å². The average Bonchev–Trinajstić information content (AvgIpc) is 2.81. The highest BCUT2D eigenvalue weighted by molar-refractivity contribution is 7.89. The zero-order valence-electron chi connectivity index (χ0n) is 16.3. The molecule has 6 heteroatoms. The van der Waals surface area contributed by atoms with Gasteiger partial charge >= 0.3 is 0 Å². The van der Waals surface area contributed by atoms with E-state index in [1.165, 1.54) is 0 Å². The van der Waals surface area contributed by atoms with Crippen LogP contribution in [0.25, 0.3) is 0 Å². The van der Waals surface area contributed by atoms with Crippen molar-refractivity contribution in [2.24, 2.45) is 5.92 Å². The lowest BCUT2D eigenvalue weighted by Crippen LogP contribution is -2.42. The second kappa shape index (κ2) is 7.90. The molecule has 0 radical (unpaired) electrons. The fraction of sp³-hybridized carbons (Fsp3) is 0.429. The van der Waals surface area contributed by atoms with Crippen molar-refractivity contribution < 1.29 is 17.9 Å². The molecule has 0 aliphatic carbocycles. The minimum atomic E-state index is -3.65. The summed E-state index contributed by atoms with van der Waals surface area (Å²) < 4.78 is 39.8. The van der Waals surface area contributed by atoms with E-state index < -0.39 is 10.0 Å². The van der Waals surface area contributed by atoms with Gasteiger partial charge in [0.25, 0.3) is 0 Å². The number of nitrogens with zero attached hydrogens (tertiary/aromatic N) is 1. The topological polar surface area (TPSA) is 55.8 Å². The molecular weight excluding hydrogens is 362 g/mol. The molecule has 0 N–H and O–H groups in total. The molecule has 0 aromatic heterocycles. The predicted octanol–water partition coefficient (Wildman–Crippen LogP) is 4.00. The summed E-state index contributed by atoms with van der Waals surface area (Å²) in [6.07, 6.45) is 0.732. The number of hydrogen-bond donors (Lipinski definition) is 0. The lowest BCUT2D eigenvalue weighted by Gasteiger charge is -2.29. The summed E-state index contributed by atoms with van der Waals surface area (Å²) in [6.45, 7) is 6.73. The Balaban J connectivity index is 2.04. The van der Waals surface area contributed by atoms with Gasteiger partial charge in [-0.2, -0.15) is 4.31 Å². The van der Waals surface area contributed by atoms with Crippen LogP contribution < -0.4 is 9.47 Å². The summed E-state index contributed by atoms with van der Waals surface area (Å²) in [7, 11) is -2.05. The molecule has 146 valence electrons. The molecule has 3 rings (SSSR count). The average molecular weight is 390 g/mol. The first-order valence-corrected chi connectivity index (χ1v) is 10.6. The molecule has 0 unspecified atom stereocenters. The van der Waals surface area contributed by atoms with Crippen LogP contribution in [0.1, 0.15) is 31.4 Å². The predicted molar refractivity (Wildman–Crippen MR) is 106 cm³/mol. The van der Waals surface area contributed by atoms with Crippen molar-refractivity contribution >= 4 is 10.0 Å². The van der Waals surface area contributed by atoms with Crippen molar-refractivity contribution in [2.75, 3.05) is 13.7 Å². The van der Waals surface area contributed by atoms with E-state index in [0.29, 0.717) is 28.9 Å². The van der Waals surface area contributed by atoms with E-state index in [4.69, 9.17) is 9.47 Å². The van der Waals surface area contributed by atoms with Crippen molar-refractivity contribution in [1.82, 2.24) is 4.31 Å². The van der Waals surface area contributed by atoms with Crippen molar-refractivity contribution in [3.63, 3.8) is 0 Å². The number of sulfonamides is 1. The first kappa shape index (κ1) is 19.7. The van der Waals surface area contributed by atoms with Crippen molar-refractivity contribution in [1.29, 1.82) is 0 Å². The summed E-state index contributed by atoms with van der Waals surface area (Å²) in [6, 6.07) is 12.3. The number of fused-ring (bicyclic) bond motifs is 1. The maximum absolute atomic E-state index is 13.4. The van der Waals surface area contributed by atoms with Crippen molar-refractivity contribution in [3.05, 3.63) is 53.6 Å². The summed E-state index contributed by atoms with van der Waals surface area (Å²) in [5.74, 6) is 1.75. The number of methoxy groups -OCH3 is 1. The fourth-order valence-electron chi connectivity index (χ4n) is 3.37. The summed E-state index contributed by atoms with van der Waals surface area (Å²) in [5, 5.41) is 0. The second-order valence-electron chi connectivity index (χ2n) is 7.43. The van der Waals surface area contributed by atoms with Gasteiger partial charge in [0.2, 0.25) is 10.0 Å². The minimum absolute atomic E-state index is 0.227. The molecule has 0 saturated heterocycles. The SMILES string of the molecule is COc1ccc2c(c1)CN(S(=O)(=O)c1ccc(C)cc1)[C@@H](CC(C)C)CO2. The standard InChI is InChI=1S/C21H27NO4S/c1-15(2)11-18-14-26-21-10-7-19(25-4)12-17(21)13-22(18)27(23,24)20-8-5-16(3)6-9-20/h5-10,12,15,18H,11,13-14H2,1-4H3/t18-/m0/s1. The number of hydrogen-bond acceptors (Lipinski definition) is 4. The summed E-state index contributed by atoms with van der Waals surface area (Å²) >= 11 is 0. The van der Waals surface area contributed by atoms with E-state index in [-0.39, 0.29) is 12.6 Å². The minimum Gasteiger partial charge on any atom is -0.497 e. The van der Waals surface area contributed by atoms with Crippen LogP contribution in [0.5, 0.6) is 11.5 Å². The van der Waals surface area contributed by atoms with E-state index in [9.17, 15) is 8.42 Å². The first-order valence-electron chi connectivity index (χ1n) is 9.19. The number of benzene rings is 2.